The summed E-state index contributed by atoms with van der Waals surface area (Å²) in [6.45, 7) is 6.75. The Bertz CT molecular complexity index is 408. The van der Waals surface area contributed by atoms with Gasteiger partial charge in [-0.1, -0.05) is 25.4 Å². The van der Waals surface area contributed by atoms with E-state index in [0.717, 1.165) is 37.8 Å². The molecule has 0 aliphatic heterocycles. The lowest BCUT2D eigenvalue weighted by Gasteiger charge is -2.09. The van der Waals surface area contributed by atoms with Crippen molar-refractivity contribution in [2.75, 3.05) is 25.1 Å². The molecule has 106 valence electrons. The van der Waals surface area contributed by atoms with Crippen molar-refractivity contribution in [3.05, 3.63) is 17.0 Å². The van der Waals surface area contributed by atoms with Gasteiger partial charge in [0.25, 0.3) is 0 Å². The van der Waals surface area contributed by atoms with Crippen molar-refractivity contribution < 1.29 is 4.74 Å². The van der Waals surface area contributed by atoms with E-state index in [2.05, 4.69) is 29.1 Å². The Morgan fingerprint density at radius 3 is 2.89 bits per heavy atom. The van der Waals surface area contributed by atoms with Gasteiger partial charge in [0, 0.05) is 31.7 Å². The second-order valence-corrected chi connectivity index (χ2v) is 5.84. The summed E-state index contributed by atoms with van der Waals surface area (Å²) in [4.78, 5) is 8.76. The number of anilines is 1. The zero-order valence-corrected chi connectivity index (χ0v) is 12.4. The summed E-state index contributed by atoms with van der Waals surface area (Å²) in [7, 11) is 0. The molecular weight excluding hydrogens is 262 g/mol. The van der Waals surface area contributed by atoms with E-state index in [1.54, 1.807) is 6.07 Å². The summed E-state index contributed by atoms with van der Waals surface area (Å²) in [5, 5.41) is 3.80. The van der Waals surface area contributed by atoms with Crippen molar-refractivity contribution >= 4 is 17.4 Å². The highest BCUT2D eigenvalue weighted by Gasteiger charge is 2.27. The van der Waals surface area contributed by atoms with Gasteiger partial charge < -0.3 is 10.1 Å². The van der Waals surface area contributed by atoms with Crippen LogP contribution < -0.4 is 5.32 Å². The normalized spacial score (nSPS) is 14.9. The van der Waals surface area contributed by atoms with Gasteiger partial charge in [0.15, 0.2) is 0 Å². The third-order valence-corrected chi connectivity index (χ3v) is 3.07. The number of ether oxygens (including phenoxy) is 1. The van der Waals surface area contributed by atoms with Crippen LogP contribution in [0.4, 0.5) is 5.82 Å². The molecular formula is C14H22ClN3O. The topological polar surface area (TPSA) is 47.0 Å². The van der Waals surface area contributed by atoms with Crippen LogP contribution in [-0.2, 0) is 4.74 Å². The molecule has 4 nitrogen and oxygen atoms in total. The van der Waals surface area contributed by atoms with Crippen LogP contribution in [0.3, 0.4) is 0 Å². The van der Waals surface area contributed by atoms with E-state index in [1.807, 2.05) is 0 Å². The summed E-state index contributed by atoms with van der Waals surface area (Å²) in [6, 6.07) is 1.78. The lowest BCUT2D eigenvalue weighted by Crippen LogP contribution is -2.10. The number of rotatable bonds is 8. The molecule has 0 aromatic carbocycles. The average Bonchev–Trinajstić information content (AvgIpc) is 3.16. The van der Waals surface area contributed by atoms with Gasteiger partial charge in [0.1, 0.15) is 16.8 Å². The Hall–Kier alpha value is -0.870. The minimum atomic E-state index is 0.522. The van der Waals surface area contributed by atoms with Gasteiger partial charge in [0.05, 0.1) is 0 Å². The van der Waals surface area contributed by atoms with E-state index in [-0.39, 0.29) is 0 Å². The van der Waals surface area contributed by atoms with E-state index >= 15 is 0 Å². The number of halogens is 1. The molecule has 1 N–H and O–H groups in total. The molecule has 2 rings (SSSR count). The number of hydrogen-bond acceptors (Lipinski definition) is 4. The third-order valence-electron chi connectivity index (χ3n) is 2.88. The molecule has 1 aromatic rings. The Morgan fingerprint density at radius 2 is 2.21 bits per heavy atom. The first-order valence-corrected chi connectivity index (χ1v) is 7.39. The van der Waals surface area contributed by atoms with E-state index in [9.17, 15) is 0 Å². The highest BCUT2D eigenvalue weighted by Crippen LogP contribution is 2.38. The van der Waals surface area contributed by atoms with Crippen LogP contribution in [0.15, 0.2) is 6.07 Å². The Balaban J connectivity index is 1.70. The molecule has 0 spiro atoms. The van der Waals surface area contributed by atoms with Crippen molar-refractivity contribution in [2.24, 2.45) is 5.92 Å². The molecule has 5 heteroatoms. The molecule has 1 aliphatic rings. The summed E-state index contributed by atoms with van der Waals surface area (Å²) in [6.07, 6.45) is 3.33. The number of nitrogens with zero attached hydrogens (tertiary/aromatic N) is 2. The molecule has 1 aliphatic carbocycles. The highest BCUT2D eigenvalue weighted by molar-refractivity contribution is 6.29. The van der Waals surface area contributed by atoms with Crippen LogP contribution in [0.2, 0.25) is 5.15 Å². The van der Waals surface area contributed by atoms with Gasteiger partial charge in [-0.2, -0.15) is 0 Å². The SMILES string of the molecule is CC(C)COCCCNc1cc(Cl)nc(C2CC2)n1. The standard InChI is InChI=1S/C14H22ClN3O/c1-10(2)9-19-7-3-6-16-13-8-12(15)17-14(18-13)11-4-5-11/h8,10-11H,3-7,9H2,1-2H3,(H,16,17,18). The molecule has 0 bridgehead atoms. The zero-order chi connectivity index (χ0) is 13.7. The fourth-order valence-electron chi connectivity index (χ4n) is 1.76. The summed E-state index contributed by atoms with van der Waals surface area (Å²) >= 11 is 6.00. The summed E-state index contributed by atoms with van der Waals surface area (Å²) in [5.41, 5.74) is 0. The van der Waals surface area contributed by atoms with Crippen LogP contribution in [0.25, 0.3) is 0 Å². The largest absolute Gasteiger partial charge is 0.381 e. The van der Waals surface area contributed by atoms with E-state index in [0.29, 0.717) is 17.0 Å². The number of nitrogens with one attached hydrogen (secondary N) is 1. The van der Waals surface area contributed by atoms with Crippen molar-refractivity contribution in [3.63, 3.8) is 0 Å². The van der Waals surface area contributed by atoms with E-state index in [4.69, 9.17) is 16.3 Å². The molecule has 0 atom stereocenters. The molecule has 19 heavy (non-hydrogen) atoms. The van der Waals surface area contributed by atoms with Gasteiger partial charge in [-0.3, -0.25) is 0 Å². The predicted molar refractivity (Wildman–Crippen MR) is 77.8 cm³/mol. The van der Waals surface area contributed by atoms with Crippen molar-refractivity contribution in [2.45, 2.75) is 39.0 Å². The third kappa shape index (κ3) is 5.33. The van der Waals surface area contributed by atoms with Crippen LogP contribution in [0, 0.1) is 5.92 Å². The Morgan fingerprint density at radius 1 is 1.42 bits per heavy atom. The first-order valence-electron chi connectivity index (χ1n) is 7.01. The van der Waals surface area contributed by atoms with Gasteiger partial charge >= 0.3 is 0 Å². The molecule has 1 heterocycles. The monoisotopic (exact) mass is 283 g/mol. The van der Waals surface area contributed by atoms with Gasteiger partial charge in [-0.05, 0) is 25.2 Å². The maximum absolute atomic E-state index is 6.00. The number of hydrogen-bond donors (Lipinski definition) is 1. The summed E-state index contributed by atoms with van der Waals surface area (Å²) in [5.74, 6) is 2.82. The van der Waals surface area contributed by atoms with E-state index < -0.39 is 0 Å². The molecule has 0 radical (unpaired) electrons. The predicted octanol–water partition coefficient (Wildman–Crippen LogP) is 3.48. The minimum Gasteiger partial charge on any atom is -0.381 e. The van der Waals surface area contributed by atoms with Gasteiger partial charge in [-0.15, -0.1) is 0 Å². The maximum atomic E-state index is 6.00. The molecule has 1 aromatic heterocycles. The molecule has 1 fully saturated rings. The van der Waals surface area contributed by atoms with Gasteiger partial charge in [0.2, 0.25) is 0 Å². The Kier molecular flexibility index (Phi) is 5.40. The fraction of sp³-hybridized carbons (Fsp3) is 0.714. The summed E-state index contributed by atoms with van der Waals surface area (Å²) < 4.78 is 5.53. The maximum Gasteiger partial charge on any atom is 0.135 e. The highest BCUT2D eigenvalue weighted by atomic mass is 35.5. The molecule has 0 unspecified atom stereocenters. The average molecular weight is 284 g/mol. The first kappa shape index (κ1) is 14.5. The molecule has 0 saturated heterocycles. The second kappa shape index (κ2) is 7.06. The molecule has 0 amide bonds. The van der Waals surface area contributed by atoms with Crippen LogP contribution in [-0.4, -0.2) is 29.7 Å². The lowest BCUT2D eigenvalue weighted by atomic mass is 10.2. The van der Waals surface area contributed by atoms with Crippen molar-refractivity contribution in [1.29, 1.82) is 0 Å². The molecule has 1 saturated carbocycles. The van der Waals surface area contributed by atoms with Crippen LogP contribution >= 0.6 is 11.6 Å². The fourth-order valence-corrected chi connectivity index (χ4v) is 1.95. The Labute approximate surface area is 119 Å². The second-order valence-electron chi connectivity index (χ2n) is 5.46. The zero-order valence-electron chi connectivity index (χ0n) is 11.7. The van der Waals surface area contributed by atoms with Crippen LogP contribution in [0.1, 0.15) is 44.9 Å². The van der Waals surface area contributed by atoms with Crippen molar-refractivity contribution in [3.8, 4) is 0 Å². The first-order chi connectivity index (χ1) is 9.15. The van der Waals surface area contributed by atoms with Gasteiger partial charge in [-0.25, -0.2) is 9.97 Å². The van der Waals surface area contributed by atoms with Crippen molar-refractivity contribution in [1.82, 2.24) is 9.97 Å². The number of aromatic nitrogens is 2. The quantitative estimate of drug-likeness (QED) is 0.586. The lowest BCUT2D eigenvalue weighted by molar-refractivity contribution is 0.110. The van der Waals surface area contributed by atoms with Crippen LogP contribution in [0.5, 0.6) is 0 Å². The van der Waals surface area contributed by atoms with E-state index in [1.165, 1.54) is 12.8 Å². The minimum absolute atomic E-state index is 0.522. The smallest absolute Gasteiger partial charge is 0.135 e.